The largest absolute Gasteiger partial charge is 0.490 e. The van der Waals surface area contributed by atoms with Gasteiger partial charge >= 0.3 is 5.97 Å². The molecule has 0 fully saturated rings. The van der Waals surface area contributed by atoms with Crippen LogP contribution in [-0.4, -0.2) is 25.1 Å². The van der Waals surface area contributed by atoms with Crippen molar-refractivity contribution in [3.05, 3.63) is 81.2 Å². The average molecular weight is 581 g/mol. The molecule has 0 aliphatic carbocycles. The van der Waals surface area contributed by atoms with Gasteiger partial charge in [-0.05, 0) is 78.9 Å². The quantitative estimate of drug-likeness (QED) is 0.126. The van der Waals surface area contributed by atoms with Gasteiger partial charge in [0.05, 0.1) is 19.4 Å². The van der Waals surface area contributed by atoms with Gasteiger partial charge in [-0.2, -0.15) is 5.26 Å². The minimum atomic E-state index is -0.598. The van der Waals surface area contributed by atoms with Crippen LogP contribution in [0.5, 0.6) is 17.2 Å². The van der Waals surface area contributed by atoms with Gasteiger partial charge in [0.2, 0.25) is 0 Å². The maximum absolute atomic E-state index is 12.6. The molecule has 0 spiro atoms. The van der Waals surface area contributed by atoms with E-state index in [1.807, 2.05) is 39.0 Å². The monoisotopic (exact) mass is 580 g/mol. The molecule has 9 heteroatoms. The molecule has 0 saturated heterocycles. The molecule has 1 N–H and O–H groups in total. The highest BCUT2D eigenvalue weighted by molar-refractivity contribution is 9.10. The number of esters is 1. The molecule has 0 aliphatic rings. The highest BCUT2D eigenvalue weighted by atomic mass is 79.9. The third-order valence-electron chi connectivity index (χ3n) is 5.43. The zero-order valence-electron chi connectivity index (χ0n) is 21.7. The number of carbonyl (C=O) groups excluding carboxylic acids is 2. The van der Waals surface area contributed by atoms with Crippen LogP contribution in [0.4, 0.5) is 0 Å². The number of ether oxygens (including phenoxy) is 3. The minimum absolute atomic E-state index is 0.0945. The summed E-state index contributed by atoms with van der Waals surface area (Å²) in [7, 11) is 0. The van der Waals surface area contributed by atoms with Gasteiger partial charge in [0.1, 0.15) is 23.2 Å². The fourth-order valence-electron chi connectivity index (χ4n) is 3.49. The van der Waals surface area contributed by atoms with Crippen LogP contribution in [-0.2, 0) is 16.1 Å². The van der Waals surface area contributed by atoms with Crippen LogP contribution < -0.4 is 19.5 Å². The van der Waals surface area contributed by atoms with Gasteiger partial charge in [-0.3, -0.25) is 4.79 Å². The fraction of sp³-hybridized carbons (Fsp3) is 0.276. The van der Waals surface area contributed by atoms with Crippen molar-refractivity contribution in [2.45, 2.75) is 40.2 Å². The predicted octanol–water partition coefficient (Wildman–Crippen LogP) is 6.08. The van der Waals surface area contributed by atoms with E-state index in [0.29, 0.717) is 29.4 Å². The summed E-state index contributed by atoms with van der Waals surface area (Å²) in [6, 6.07) is 14.0. The van der Waals surface area contributed by atoms with Crippen molar-refractivity contribution in [3.8, 4) is 23.3 Å². The maximum Gasteiger partial charge on any atom is 0.349 e. The van der Waals surface area contributed by atoms with E-state index in [1.165, 1.54) is 12.3 Å². The normalized spacial score (nSPS) is 11.1. The number of nitriles is 1. The Morgan fingerprint density at radius 2 is 1.92 bits per heavy atom. The molecule has 198 valence electrons. The number of halogens is 1. The Bertz CT molecular complexity index is 1360. The highest BCUT2D eigenvalue weighted by Gasteiger charge is 2.16. The number of carbonyl (C=O) groups is 2. The molecule has 3 aromatic rings. The molecule has 0 unspecified atom stereocenters. The summed E-state index contributed by atoms with van der Waals surface area (Å²) in [5.74, 6) is 0.754. The maximum atomic E-state index is 12.6. The summed E-state index contributed by atoms with van der Waals surface area (Å²) >= 11 is 3.54. The predicted molar refractivity (Wildman–Crippen MR) is 146 cm³/mol. The molecule has 1 heterocycles. The molecule has 2 aromatic carbocycles. The van der Waals surface area contributed by atoms with Gasteiger partial charge in [-0.15, -0.1) is 0 Å². The van der Waals surface area contributed by atoms with Gasteiger partial charge in [0.15, 0.2) is 18.1 Å². The van der Waals surface area contributed by atoms with Crippen LogP contribution >= 0.6 is 15.9 Å². The average Bonchev–Trinajstić information content (AvgIpc) is 3.41. The third-order valence-corrected chi connectivity index (χ3v) is 6.28. The molecule has 0 atom stereocenters. The minimum Gasteiger partial charge on any atom is -0.490 e. The topological polar surface area (TPSA) is 111 Å². The molecule has 0 saturated carbocycles. The summed E-state index contributed by atoms with van der Waals surface area (Å²) in [6.45, 7) is 8.03. The number of nitrogens with zero attached hydrogens (tertiary/aromatic N) is 1. The first kappa shape index (κ1) is 28.5. The van der Waals surface area contributed by atoms with Crippen LogP contribution in [0.25, 0.3) is 6.08 Å². The van der Waals surface area contributed by atoms with E-state index in [2.05, 4.69) is 21.2 Å². The van der Waals surface area contributed by atoms with Crippen LogP contribution in [0, 0.1) is 18.3 Å². The SMILES string of the molecule is CCOc1cc(/C=C(\C#N)C(=O)NCc2ccco2)ccc1OC(=O)COc1cc(C)c(Br)cc1C(C)C. The molecule has 38 heavy (non-hydrogen) atoms. The van der Waals surface area contributed by atoms with Crippen molar-refractivity contribution in [2.24, 2.45) is 0 Å². The Hall–Kier alpha value is -4.03. The van der Waals surface area contributed by atoms with Gasteiger partial charge < -0.3 is 23.9 Å². The van der Waals surface area contributed by atoms with Crippen LogP contribution in [0.1, 0.15) is 49.1 Å². The van der Waals surface area contributed by atoms with E-state index in [0.717, 1.165) is 15.6 Å². The van der Waals surface area contributed by atoms with Crippen molar-refractivity contribution >= 4 is 33.9 Å². The van der Waals surface area contributed by atoms with Crippen molar-refractivity contribution in [2.75, 3.05) is 13.2 Å². The van der Waals surface area contributed by atoms with E-state index in [1.54, 1.807) is 37.3 Å². The zero-order chi connectivity index (χ0) is 27.7. The second-order valence-electron chi connectivity index (χ2n) is 8.63. The molecule has 1 amide bonds. The molecular weight excluding hydrogens is 552 g/mol. The molecule has 3 rings (SSSR count). The van der Waals surface area contributed by atoms with E-state index in [4.69, 9.17) is 18.6 Å². The number of hydrogen-bond donors (Lipinski definition) is 1. The number of hydrogen-bond acceptors (Lipinski definition) is 7. The van der Waals surface area contributed by atoms with Gasteiger partial charge in [0, 0.05) is 4.47 Å². The molecule has 0 bridgehead atoms. The lowest BCUT2D eigenvalue weighted by Crippen LogP contribution is -2.23. The van der Waals surface area contributed by atoms with Gasteiger partial charge in [0.25, 0.3) is 5.91 Å². The Kier molecular flexibility index (Phi) is 10.1. The van der Waals surface area contributed by atoms with E-state index in [9.17, 15) is 14.9 Å². The van der Waals surface area contributed by atoms with Crippen molar-refractivity contribution in [1.29, 1.82) is 5.26 Å². The Labute approximate surface area is 230 Å². The number of aryl methyl sites for hydroxylation is 1. The third kappa shape index (κ3) is 7.73. The van der Waals surface area contributed by atoms with E-state index < -0.39 is 11.9 Å². The molecule has 0 aliphatic heterocycles. The van der Waals surface area contributed by atoms with E-state index >= 15 is 0 Å². The Morgan fingerprint density at radius 3 is 2.58 bits per heavy atom. The number of rotatable bonds is 11. The number of furan rings is 1. The highest BCUT2D eigenvalue weighted by Crippen LogP contribution is 2.33. The summed E-state index contributed by atoms with van der Waals surface area (Å²) < 4.78 is 23.1. The Balaban J connectivity index is 1.71. The first-order chi connectivity index (χ1) is 18.2. The van der Waals surface area contributed by atoms with Crippen LogP contribution in [0.15, 0.2) is 63.2 Å². The summed E-state index contributed by atoms with van der Waals surface area (Å²) in [4.78, 5) is 25.0. The van der Waals surface area contributed by atoms with Crippen LogP contribution in [0.3, 0.4) is 0 Å². The Morgan fingerprint density at radius 1 is 1.13 bits per heavy atom. The lowest BCUT2D eigenvalue weighted by Gasteiger charge is -2.16. The zero-order valence-corrected chi connectivity index (χ0v) is 23.3. The molecule has 8 nitrogen and oxygen atoms in total. The second-order valence-corrected chi connectivity index (χ2v) is 9.48. The fourth-order valence-corrected chi connectivity index (χ4v) is 3.85. The molecule has 1 aromatic heterocycles. The molecule has 0 radical (unpaired) electrons. The standard InChI is InChI=1S/C29H29BrN2O6/c1-5-35-27-13-20(12-21(15-31)29(34)32-16-22-7-6-10-36-22)8-9-25(27)38-28(33)17-37-26-11-19(4)24(30)14-23(26)18(2)3/h6-14,18H,5,16-17H2,1-4H3,(H,32,34)/b21-12+. The summed E-state index contributed by atoms with van der Waals surface area (Å²) in [5, 5.41) is 12.1. The first-order valence-electron chi connectivity index (χ1n) is 12.0. The van der Waals surface area contributed by atoms with Crippen molar-refractivity contribution < 1.29 is 28.2 Å². The number of nitrogens with one attached hydrogen (secondary N) is 1. The first-order valence-corrected chi connectivity index (χ1v) is 12.8. The smallest absolute Gasteiger partial charge is 0.349 e. The summed E-state index contributed by atoms with van der Waals surface area (Å²) in [5.41, 5.74) is 2.40. The van der Waals surface area contributed by atoms with Crippen molar-refractivity contribution in [3.63, 3.8) is 0 Å². The number of amides is 1. The van der Waals surface area contributed by atoms with Gasteiger partial charge in [-0.1, -0.05) is 35.8 Å². The second kappa shape index (κ2) is 13.5. The van der Waals surface area contributed by atoms with Crippen molar-refractivity contribution in [1.82, 2.24) is 5.32 Å². The summed E-state index contributed by atoms with van der Waals surface area (Å²) in [6.07, 6.45) is 2.93. The lowest BCUT2D eigenvalue weighted by atomic mass is 10.0. The lowest BCUT2D eigenvalue weighted by molar-refractivity contribution is -0.136. The molecular formula is C29H29BrN2O6. The van der Waals surface area contributed by atoms with Gasteiger partial charge in [-0.25, -0.2) is 4.79 Å². The van der Waals surface area contributed by atoms with Crippen LogP contribution in [0.2, 0.25) is 0 Å². The number of benzene rings is 2. The van der Waals surface area contributed by atoms with E-state index in [-0.39, 0.29) is 30.4 Å².